The van der Waals surface area contributed by atoms with Crippen LogP contribution in [0.5, 0.6) is 5.75 Å². The highest BCUT2D eigenvalue weighted by Crippen LogP contribution is 2.20. The van der Waals surface area contributed by atoms with E-state index in [0.717, 1.165) is 44.8 Å². The van der Waals surface area contributed by atoms with Crippen LogP contribution in [0.25, 0.3) is 0 Å². The van der Waals surface area contributed by atoms with Crippen LogP contribution >= 0.6 is 0 Å². The number of para-hydroxylation sites is 1. The summed E-state index contributed by atoms with van der Waals surface area (Å²) < 4.78 is 16.4. The molecule has 1 unspecified atom stereocenters. The molecule has 0 spiro atoms. The topological polar surface area (TPSA) is 97.3 Å². The van der Waals surface area contributed by atoms with Crippen LogP contribution in [0.4, 0.5) is 4.79 Å². The largest absolute Gasteiger partial charge is 0.493 e. The van der Waals surface area contributed by atoms with E-state index in [-0.39, 0.29) is 6.42 Å². The zero-order valence-corrected chi connectivity index (χ0v) is 17.5. The van der Waals surface area contributed by atoms with Gasteiger partial charge in [0.2, 0.25) is 0 Å². The first-order valence-corrected chi connectivity index (χ1v) is 9.98. The second-order valence-corrected chi connectivity index (χ2v) is 8.00. The number of benzene rings is 1. The van der Waals surface area contributed by atoms with Crippen molar-refractivity contribution in [2.24, 2.45) is 0 Å². The zero-order valence-electron chi connectivity index (χ0n) is 17.5. The number of ether oxygens (including phenoxy) is 3. The summed E-state index contributed by atoms with van der Waals surface area (Å²) in [6, 6.07) is 6.18. The lowest BCUT2D eigenvalue weighted by molar-refractivity contribution is -0.139. The Labute approximate surface area is 172 Å². The average molecular weight is 408 g/mol. The van der Waals surface area contributed by atoms with Crippen LogP contribution in [0.15, 0.2) is 24.3 Å². The third-order valence-corrected chi connectivity index (χ3v) is 4.37. The molecule has 0 bridgehead atoms. The van der Waals surface area contributed by atoms with Crippen molar-refractivity contribution in [1.82, 2.24) is 10.2 Å². The maximum Gasteiger partial charge on any atom is 0.408 e. The van der Waals surface area contributed by atoms with Gasteiger partial charge in [-0.15, -0.1) is 0 Å². The van der Waals surface area contributed by atoms with Crippen LogP contribution in [-0.2, 0) is 20.7 Å². The number of nitrogens with zero attached hydrogens (tertiary/aromatic N) is 1. The Morgan fingerprint density at radius 2 is 1.93 bits per heavy atom. The number of hydrogen-bond acceptors (Lipinski definition) is 6. The number of nitrogens with one attached hydrogen (secondary N) is 1. The van der Waals surface area contributed by atoms with Gasteiger partial charge in [0.1, 0.15) is 17.4 Å². The number of carbonyl (C=O) groups is 2. The monoisotopic (exact) mass is 408 g/mol. The summed E-state index contributed by atoms with van der Waals surface area (Å²) in [6.07, 6.45) is 0.218. The maximum atomic E-state index is 12.0. The van der Waals surface area contributed by atoms with Crippen LogP contribution < -0.4 is 10.1 Å². The highest BCUT2D eigenvalue weighted by atomic mass is 16.6. The van der Waals surface area contributed by atoms with Crippen molar-refractivity contribution < 1.29 is 28.9 Å². The fourth-order valence-electron chi connectivity index (χ4n) is 2.98. The molecule has 8 heteroatoms. The van der Waals surface area contributed by atoms with Crippen LogP contribution in [0.1, 0.15) is 32.8 Å². The van der Waals surface area contributed by atoms with Crippen LogP contribution in [0.2, 0.25) is 0 Å². The van der Waals surface area contributed by atoms with Crippen molar-refractivity contribution in [1.29, 1.82) is 0 Å². The van der Waals surface area contributed by atoms with Crippen molar-refractivity contribution in [3.8, 4) is 5.75 Å². The highest BCUT2D eigenvalue weighted by molar-refractivity contribution is 5.80. The molecule has 1 saturated heterocycles. The lowest BCUT2D eigenvalue weighted by atomic mass is 10.0. The Kier molecular flexibility index (Phi) is 8.72. The quantitative estimate of drug-likeness (QED) is 0.605. The summed E-state index contributed by atoms with van der Waals surface area (Å²) >= 11 is 0. The minimum atomic E-state index is -1.13. The molecule has 1 aliphatic heterocycles. The molecule has 29 heavy (non-hydrogen) atoms. The molecule has 1 aromatic rings. The van der Waals surface area contributed by atoms with Gasteiger partial charge in [-0.2, -0.15) is 0 Å². The van der Waals surface area contributed by atoms with Crippen molar-refractivity contribution in [3.05, 3.63) is 29.8 Å². The van der Waals surface area contributed by atoms with E-state index in [2.05, 4.69) is 10.2 Å². The Morgan fingerprint density at radius 1 is 1.24 bits per heavy atom. The summed E-state index contributed by atoms with van der Waals surface area (Å²) in [5, 5.41) is 11.9. The van der Waals surface area contributed by atoms with Gasteiger partial charge in [-0.3, -0.25) is 4.90 Å². The first-order chi connectivity index (χ1) is 13.7. The normalized spacial score (nSPS) is 16.1. The molecule has 1 atom stereocenters. The van der Waals surface area contributed by atoms with Crippen LogP contribution in [-0.4, -0.2) is 73.2 Å². The van der Waals surface area contributed by atoms with Gasteiger partial charge in [-0.1, -0.05) is 18.2 Å². The van der Waals surface area contributed by atoms with Crippen molar-refractivity contribution in [2.75, 3.05) is 39.5 Å². The highest BCUT2D eigenvalue weighted by Gasteiger charge is 2.25. The first kappa shape index (κ1) is 23.0. The summed E-state index contributed by atoms with van der Waals surface area (Å²) in [5.41, 5.74) is 0.0246. The molecule has 162 valence electrons. The van der Waals surface area contributed by atoms with Crippen LogP contribution in [0.3, 0.4) is 0 Å². The molecule has 2 rings (SSSR count). The van der Waals surface area contributed by atoms with E-state index in [9.17, 15) is 14.7 Å². The summed E-state index contributed by atoms with van der Waals surface area (Å²) in [6.45, 7) is 10.1. The lowest BCUT2D eigenvalue weighted by Crippen LogP contribution is -2.44. The predicted molar refractivity (Wildman–Crippen MR) is 108 cm³/mol. The number of rotatable bonds is 9. The molecule has 0 saturated carbocycles. The van der Waals surface area contributed by atoms with Gasteiger partial charge < -0.3 is 24.6 Å². The van der Waals surface area contributed by atoms with E-state index in [1.54, 1.807) is 20.8 Å². The number of aliphatic carboxylic acids is 1. The number of carbonyl (C=O) groups excluding carboxylic acids is 1. The van der Waals surface area contributed by atoms with Gasteiger partial charge >= 0.3 is 12.1 Å². The van der Waals surface area contributed by atoms with Gasteiger partial charge in [-0.25, -0.2) is 9.59 Å². The SMILES string of the molecule is CC(C)(C)OC(=O)NC(Cc1ccccc1OCCCN1CCOCC1)C(=O)O. The minimum Gasteiger partial charge on any atom is -0.493 e. The zero-order chi connectivity index (χ0) is 21.3. The fourth-order valence-corrected chi connectivity index (χ4v) is 2.98. The standard InChI is InChI=1S/C21H32N2O6/c1-21(2,3)29-20(26)22-17(19(24)25)15-16-7-4-5-8-18(16)28-12-6-9-23-10-13-27-14-11-23/h4-5,7-8,17H,6,9-15H2,1-3H3,(H,22,26)(H,24,25). The number of amides is 1. The molecule has 1 aromatic carbocycles. The smallest absolute Gasteiger partial charge is 0.408 e. The Bertz CT molecular complexity index is 667. The van der Waals surface area contributed by atoms with Gasteiger partial charge in [0, 0.05) is 26.1 Å². The Hall–Kier alpha value is -2.32. The second-order valence-electron chi connectivity index (χ2n) is 8.00. The van der Waals surface area contributed by atoms with E-state index in [0.29, 0.717) is 12.4 Å². The first-order valence-electron chi connectivity index (χ1n) is 9.98. The Morgan fingerprint density at radius 3 is 2.59 bits per heavy atom. The molecule has 1 amide bonds. The minimum absolute atomic E-state index is 0.105. The molecule has 1 fully saturated rings. The van der Waals surface area contributed by atoms with E-state index in [1.807, 2.05) is 24.3 Å². The van der Waals surface area contributed by atoms with Crippen molar-refractivity contribution >= 4 is 12.1 Å². The van der Waals surface area contributed by atoms with Gasteiger partial charge in [0.25, 0.3) is 0 Å². The number of morpholine rings is 1. The fraction of sp³-hybridized carbons (Fsp3) is 0.619. The summed E-state index contributed by atoms with van der Waals surface area (Å²) in [5.74, 6) is -0.496. The van der Waals surface area contributed by atoms with E-state index >= 15 is 0 Å². The number of alkyl carbamates (subject to hydrolysis) is 1. The molecule has 1 heterocycles. The molecular weight excluding hydrogens is 376 g/mol. The van der Waals surface area contributed by atoms with Crippen molar-refractivity contribution in [2.45, 2.75) is 45.3 Å². The van der Waals surface area contributed by atoms with Gasteiger partial charge in [-0.05, 0) is 38.8 Å². The third-order valence-electron chi connectivity index (χ3n) is 4.37. The van der Waals surface area contributed by atoms with E-state index < -0.39 is 23.7 Å². The van der Waals surface area contributed by atoms with E-state index in [4.69, 9.17) is 14.2 Å². The molecular formula is C21H32N2O6. The molecule has 0 aliphatic carbocycles. The summed E-state index contributed by atoms with van der Waals surface area (Å²) in [7, 11) is 0. The summed E-state index contributed by atoms with van der Waals surface area (Å²) in [4.78, 5) is 25.9. The average Bonchev–Trinajstić information content (AvgIpc) is 2.65. The molecule has 8 nitrogen and oxygen atoms in total. The third kappa shape index (κ3) is 8.70. The maximum absolute atomic E-state index is 12.0. The van der Waals surface area contributed by atoms with Crippen molar-refractivity contribution in [3.63, 3.8) is 0 Å². The van der Waals surface area contributed by atoms with E-state index in [1.165, 1.54) is 0 Å². The number of hydrogen-bond donors (Lipinski definition) is 2. The second kappa shape index (κ2) is 11.0. The van der Waals surface area contributed by atoms with Gasteiger partial charge in [0.15, 0.2) is 0 Å². The molecule has 2 N–H and O–H groups in total. The Balaban J connectivity index is 1.89. The molecule has 0 radical (unpaired) electrons. The lowest BCUT2D eigenvalue weighted by Gasteiger charge is -2.26. The molecule has 1 aliphatic rings. The predicted octanol–water partition coefficient (Wildman–Crippen LogP) is 2.31. The van der Waals surface area contributed by atoms with Crippen LogP contribution in [0, 0.1) is 0 Å². The van der Waals surface area contributed by atoms with Gasteiger partial charge in [0.05, 0.1) is 19.8 Å². The molecule has 0 aromatic heterocycles. The number of carboxylic acid groups (broad SMARTS) is 1. The number of carboxylic acids is 1.